The van der Waals surface area contributed by atoms with Crippen LogP contribution >= 0.6 is 0 Å². The largest absolute Gasteiger partial charge is 0.380 e. The van der Waals surface area contributed by atoms with E-state index in [4.69, 9.17) is 4.74 Å². The van der Waals surface area contributed by atoms with Crippen LogP contribution in [0.2, 0.25) is 0 Å². The molecule has 0 aliphatic carbocycles. The molecule has 0 atom stereocenters. The Bertz CT molecular complexity index is 783. The summed E-state index contributed by atoms with van der Waals surface area (Å²) in [6.07, 6.45) is 1.17. The first-order valence-electron chi connectivity index (χ1n) is 7.18. The van der Waals surface area contributed by atoms with Crippen LogP contribution in [-0.4, -0.2) is 33.2 Å². The van der Waals surface area contributed by atoms with Crippen LogP contribution in [0.1, 0.15) is 6.92 Å². The van der Waals surface area contributed by atoms with Crippen molar-refractivity contribution in [1.82, 2.24) is 4.98 Å². The predicted octanol–water partition coefficient (Wildman–Crippen LogP) is 2.61. The molecule has 0 saturated carbocycles. The van der Waals surface area contributed by atoms with Crippen molar-refractivity contribution in [2.75, 3.05) is 29.8 Å². The SMILES string of the molecule is CCOCCNc1ccc(S(=O)(=O)Nc2ccc(F)c(F)c2)cn1. The molecule has 0 spiro atoms. The number of sulfonamides is 1. The normalized spacial score (nSPS) is 11.3. The first kappa shape index (κ1) is 18.1. The summed E-state index contributed by atoms with van der Waals surface area (Å²) < 4.78 is 57.7. The van der Waals surface area contributed by atoms with Crippen molar-refractivity contribution in [3.8, 4) is 0 Å². The zero-order chi connectivity index (χ0) is 17.6. The van der Waals surface area contributed by atoms with E-state index in [9.17, 15) is 17.2 Å². The van der Waals surface area contributed by atoms with E-state index in [2.05, 4.69) is 15.0 Å². The lowest BCUT2D eigenvalue weighted by Gasteiger charge is -2.09. The van der Waals surface area contributed by atoms with E-state index >= 15 is 0 Å². The van der Waals surface area contributed by atoms with Gasteiger partial charge in [-0.05, 0) is 31.2 Å². The van der Waals surface area contributed by atoms with E-state index in [1.807, 2.05) is 6.92 Å². The molecule has 2 rings (SSSR count). The van der Waals surface area contributed by atoms with Crippen molar-refractivity contribution in [1.29, 1.82) is 0 Å². The molecule has 0 aliphatic rings. The summed E-state index contributed by atoms with van der Waals surface area (Å²) in [4.78, 5) is 3.90. The Morgan fingerprint density at radius 2 is 1.96 bits per heavy atom. The molecule has 0 radical (unpaired) electrons. The van der Waals surface area contributed by atoms with Crippen molar-refractivity contribution >= 4 is 21.5 Å². The van der Waals surface area contributed by atoms with Crippen molar-refractivity contribution in [3.05, 3.63) is 48.2 Å². The lowest BCUT2D eigenvalue weighted by Crippen LogP contribution is -2.14. The van der Waals surface area contributed by atoms with E-state index in [1.165, 1.54) is 18.3 Å². The Hall–Kier alpha value is -2.26. The van der Waals surface area contributed by atoms with Crippen LogP contribution in [0.15, 0.2) is 41.4 Å². The summed E-state index contributed by atoms with van der Waals surface area (Å²) in [7, 11) is -3.94. The number of pyridine rings is 1. The van der Waals surface area contributed by atoms with Gasteiger partial charge in [-0.2, -0.15) is 0 Å². The smallest absolute Gasteiger partial charge is 0.263 e. The van der Waals surface area contributed by atoms with Crippen LogP contribution in [0.25, 0.3) is 0 Å². The van der Waals surface area contributed by atoms with Crippen LogP contribution in [0.5, 0.6) is 0 Å². The van der Waals surface area contributed by atoms with Gasteiger partial charge in [0.25, 0.3) is 10.0 Å². The van der Waals surface area contributed by atoms with Gasteiger partial charge < -0.3 is 10.1 Å². The molecule has 0 aliphatic heterocycles. The minimum absolute atomic E-state index is 0.0761. The molecule has 0 amide bonds. The molecule has 2 aromatic rings. The van der Waals surface area contributed by atoms with Crippen molar-refractivity contribution in [2.24, 2.45) is 0 Å². The lowest BCUT2D eigenvalue weighted by atomic mass is 10.3. The van der Waals surface area contributed by atoms with Gasteiger partial charge in [0, 0.05) is 25.4 Å². The highest BCUT2D eigenvalue weighted by Crippen LogP contribution is 2.18. The number of rotatable bonds is 8. The maximum Gasteiger partial charge on any atom is 0.263 e. The Kier molecular flexibility index (Phi) is 6.04. The fourth-order valence-electron chi connectivity index (χ4n) is 1.81. The average Bonchev–Trinajstić information content (AvgIpc) is 2.55. The van der Waals surface area contributed by atoms with Crippen LogP contribution < -0.4 is 10.0 Å². The summed E-state index contributed by atoms with van der Waals surface area (Å²) in [5.41, 5.74) is -0.0761. The fourth-order valence-corrected chi connectivity index (χ4v) is 2.81. The first-order valence-corrected chi connectivity index (χ1v) is 8.66. The number of nitrogens with zero attached hydrogens (tertiary/aromatic N) is 1. The average molecular weight is 357 g/mol. The molecule has 0 saturated heterocycles. The Labute approximate surface area is 138 Å². The zero-order valence-corrected chi connectivity index (χ0v) is 13.7. The van der Waals surface area contributed by atoms with Gasteiger partial charge in [0.05, 0.1) is 12.3 Å². The van der Waals surface area contributed by atoms with Gasteiger partial charge in [0.2, 0.25) is 0 Å². The standard InChI is InChI=1S/C15H17F2N3O3S/c1-2-23-8-7-18-15-6-4-12(10-19-15)24(21,22)20-11-3-5-13(16)14(17)9-11/h3-6,9-10,20H,2,7-8H2,1H3,(H,18,19). The van der Waals surface area contributed by atoms with Crippen molar-refractivity contribution in [2.45, 2.75) is 11.8 Å². The molecule has 24 heavy (non-hydrogen) atoms. The Morgan fingerprint density at radius 3 is 2.58 bits per heavy atom. The minimum Gasteiger partial charge on any atom is -0.380 e. The quantitative estimate of drug-likeness (QED) is 0.710. The third-order valence-corrected chi connectivity index (χ3v) is 4.34. The summed E-state index contributed by atoms with van der Waals surface area (Å²) in [6, 6.07) is 5.61. The van der Waals surface area contributed by atoms with E-state index in [1.54, 1.807) is 0 Å². The van der Waals surface area contributed by atoms with Gasteiger partial charge in [0.15, 0.2) is 11.6 Å². The summed E-state index contributed by atoms with van der Waals surface area (Å²) in [6.45, 7) is 3.55. The molecule has 1 aromatic carbocycles. The van der Waals surface area contributed by atoms with E-state index in [0.717, 1.165) is 18.2 Å². The zero-order valence-electron chi connectivity index (χ0n) is 12.9. The van der Waals surface area contributed by atoms with Crippen molar-refractivity contribution < 1.29 is 21.9 Å². The second kappa shape index (κ2) is 8.02. The van der Waals surface area contributed by atoms with Gasteiger partial charge in [-0.1, -0.05) is 0 Å². The van der Waals surface area contributed by atoms with Gasteiger partial charge in [-0.3, -0.25) is 4.72 Å². The topological polar surface area (TPSA) is 80.3 Å². The number of halogens is 2. The van der Waals surface area contributed by atoms with Gasteiger partial charge in [-0.25, -0.2) is 22.2 Å². The molecular weight excluding hydrogens is 340 g/mol. The number of benzene rings is 1. The lowest BCUT2D eigenvalue weighted by molar-refractivity contribution is 0.158. The van der Waals surface area contributed by atoms with E-state index in [0.29, 0.717) is 25.6 Å². The number of anilines is 2. The minimum atomic E-state index is -3.94. The highest BCUT2D eigenvalue weighted by Gasteiger charge is 2.15. The second-order valence-corrected chi connectivity index (χ2v) is 6.42. The number of hydrogen-bond donors (Lipinski definition) is 2. The molecular formula is C15H17F2N3O3S. The number of ether oxygens (including phenoxy) is 1. The number of nitrogens with one attached hydrogen (secondary N) is 2. The highest BCUT2D eigenvalue weighted by atomic mass is 32.2. The van der Waals surface area contributed by atoms with Crippen LogP contribution in [0, 0.1) is 11.6 Å². The third kappa shape index (κ3) is 4.87. The Morgan fingerprint density at radius 1 is 1.17 bits per heavy atom. The predicted molar refractivity (Wildman–Crippen MR) is 86.4 cm³/mol. The summed E-state index contributed by atoms with van der Waals surface area (Å²) in [5, 5.41) is 2.98. The molecule has 6 nitrogen and oxygen atoms in total. The third-order valence-electron chi connectivity index (χ3n) is 2.98. The molecule has 2 N–H and O–H groups in total. The summed E-state index contributed by atoms with van der Waals surface area (Å²) >= 11 is 0. The molecule has 0 unspecified atom stereocenters. The molecule has 1 heterocycles. The Balaban J connectivity index is 2.04. The fraction of sp³-hybridized carbons (Fsp3) is 0.267. The monoisotopic (exact) mass is 357 g/mol. The maximum absolute atomic E-state index is 13.1. The molecule has 0 bridgehead atoms. The second-order valence-electron chi connectivity index (χ2n) is 4.74. The molecule has 130 valence electrons. The molecule has 0 fully saturated rings. The van der Waals surface area contributed by atoms with Gasteiger partial charge in [-0.15, -0.1) is 0 Å². The van der Waals surface area contributed by atoms with Crippen LogP contribution in [-0.2, 0) is 14.8 Å². The number of hydrogen-bond acceptors (Lipinski definition) is 5. The maximum atomic E-state index is 13.1. The summed E-state index contributed by atoms with van der Waals surface area (Å²) in [5.74, 6) is -1.69. The van der Waals surface area contributed by atoms with E-state index in [-0.39, 0.29) is 10.6 Å². The van der Waals surface area contributed by atoms with Gasteiger partial charge in [0.1, 0.15) is 10.7 Å². The van der Waals surface area contributed by atoms with Gasteiger partial charge >= 0.3 is 0 Å². The van der Waals surface area contributed by atoms with E-state index < -0.39 is 21.7 Å². The van der Waals surface area contributed by atoms with Crippen molar-refractivity contribution in [3.63, 3.8) is 0 Å². The van der Waals surface area contributed by atoms with Crippen LogP contribution in [0.4, 0.5) is 20.3 Å². The molecule has 1 aromatic heterocycles. The highest BCUT2D eigenvalue weighted by molar-refractivity contribution is 7.92. The number of aromatic nitrogens is 1. The van der Waals surface area contributed by atoms with Crippen LogP contribution in [0.3, 0.4) is 0 Å². The first-order chi connectivity index (χ1) is 11.4. The molecule has 9 heteroatoms.